The maximum atomic E-state index is 8.93. The van der Waals surface area contributed by atoms with E-state index in [4.69, 9.17) is 5.11 Å². The molecule has 0 radical (unpaired) electrons. The van der Waals surface area contributed by atoms with E-state index in [-0.39, 0.29) is 11.9 Å². The van der Waals surface area contributed by atoms with Crippen LogP contribution in [0.25, 0.3) is 5.95 Å². The highest BCUT2D eigenvalue weighted by Gasteiger charge is 2.11. The molecule has 0 aliphatic carbocycles. The Morgan fingerprint density at radius 2 is 2.26 bits per heavy atom. The second-order valence-electron chi connectivity index (χ2n) is 3.90. The van der Waals surface area contributed by atoms with Crippen LogP contribution in [0.2, 0.25) is 0 Å². The van der Waals surface area contributed by atoms with E-state index in [1.165, 1.54) is 11.8 Å². The van der Waals surface area contributed by atoms with Crippen molar-refractivity contribution in [1.82, 2.24) is 24.5 Å². The molecule has 1 atom stereocenters. The summed E-state index contributed by atoms with van der Waals surface area (Å²) >= 11 is 1.51. The maximum Gasteiger partial charge on any atom is 0.240 e. The molecule has 0 bridgehead atoms. The summed E-state index contributed by atoms with van der Waals surface area (Å²) in [6.45, 7) is 2.19. The number of hydrogen-bond acceptors (Lipinski definition) is 7. The monoisotopic (exact) mass is 280 g/mol. The van der Waals surface area contributed by atoms with E-state index < -0.39 is 0 Å². The van der Waals surface area contributed by atoms with Gasteiger partial charge < -0.3 is 10.4 Å². The van der Waals surface area contributed by atoms with Crippen molar-refractivity contribution in [2.24, 2.45) is 0 Å². The predicted octanol–water partition coefficient (Wildman–Crippen LogP) is 0.962. The smallest absolute Gasteiger partial charge is 0.240 e. The summed E-state index contributed by atoms with van der Waals surface area (Å²) in [4.78, 5) is 16.9. The molecule has 0 aromatic carbocycles. The Morgan fingerprint density at radius 1 is 1.42 bits per heavy atom. The number of aromatic nitrogens is 5. The lowest BCUT2D eigenvalue weighted by atomic mass is 10.4. The van der Waals surface area contributed by atoms with Crippen molar-refractivity contribution in [2.75, 3.05) is 19.0 Å². The van der Waals surface area contributed by atoms with Crippen LogP contribution in [0.4, 0.5) is 5.95 Å². The normalized spacial score (nSPS) is 12.4. The highest BCUT2D eigenvalue weighted by Crippen LogP contribution is 2.22. The Balaban J connectivity index is 2.26. The van der Waals surface area contributed by atoms with Crippen molar-refractivity contribution in [1.29, 1.82) is 0 Å². The van der Waals surface area contributed by atoms with E-state index in [2.05, 4.69) is 25.3 Å². The zero-order valence-corrected chi connectivity index (χ0v) is 11.6. The molecule has 0 saturated carbocycles. The fourth-order valence-corrected chi connectivity index (χ4v) is 2.28. The Morgan fingerprint density at radius 3 is 2.89 bits per heavy atom. The van der Waals surface area contributed by atoms with E-state index in [1.807, 2.05) is 6.92 Å². The number of aliphatic hydroxyl groups is 1. The first-order chi connectivity index (χ1) is 9.22. The second-order valence-corrected chi connectivity index (χ2v) is 5.31. The first-order valence-corrected chi connectivity index (χ1v) is 6.80. The number of thioether (sulfide) groups is 1. The molecular weight excluding hydrogens is 264 g/mol. The average Bonchev–Trinajstić information content (AvgIpc) is 2.92. The third-order valence-electron chi connectivity index (χ3n) is 2.40. The molecule has 7 nitrogen and oxygen atoms in total. The minimum atomic E-state index is 0.159. The minimum Gasteiger partial charge on any atom is -0.396 e. The lowest BCUT2D eigenvalue weighted by Crippen LogP contribution is -2.08. The van der Waals surface area contributed by atoms with E-state index in [0.29, 0.717) is 23.5 Å². The van der Waals surface area contributed by atoms with Gasteiger partial charge in [0.15, 0.2) is 5.16 Å². The SMILES string of the molecule is CNc1nc(SC(C)CCO)nc(-n2ccnc2)n1. The summed E-state index contributed by atoms with van der Waals surface area (Å²) in [5, 5.41) is 12.7. The molecule has 19 heavy (non-hydrogen) atoms. The lowest BCUT2D eigenvalue weighted by Gasteiger charge is -2.10. The van der Waals surface area contributed by atoms with Gasteiger partial charge in [-0.25, -0.2) is 4.98 Å². The second kappa shape index (κ2) is 6.48. The van der Waals surface area contributed by atoms with Gasteiger partial charge in [-0.2, -0.15) is 15.0 Å². The van der Waals surface area contributed by atoms with E-state index in [1.54, 1.807) is 30.3 Å². The van der Waals surface area contributed by atoms with Gasteiger partial charge in [-0.15, -0.1) is 0 Å². The van der Waals surface area contributed by atoms with Crippen molar-refractivity contribution in [3.63, 3.8) is 0 Å². The van der Waals surface area contributed by atoms with Crippen LogP contribution < -0.4 is 5.32 Å². The van der Waals surface area contributed by atoms with Crippen LogP contribution in [0.15, 0.2) is 23.9 Å². The van der Waals surface area contributed by atoms with Crippen molar-refractivity contribution < 1.29 is 5.11 Å². The molecule has 2 rings (SSSR count). The first kappa shape index (κ1) is 13.8. The largest absolute Gasteiger partial charge is 0.396 e. The standard InChI is InChI=1S/C11H16N6OS/c1-8(3-6-18)19-11-15-9(12-2)14-10(16-11)17-5-4-13-7-17/h4-5,7-8,18H,3,6H2,1-2H3,(H,12,14,15,16). The first-order valence-electron chi connectivity index (χ1n) is 5.92. The molecule has 0 amide bonds. The number of nitrogens with zero attached hydrogens (tertiary/aromatic N) is 5. The Bertz CT molecular complexity index is 518. The van der Waals surface area contributed by atoms with E-state index in [0.717, 1.165) is 0 Å². The Hall–Kier alpha value is -1.67. The van der Waals surface area contributed by atoms with Gasteiger partial charge in [0.2, 0.25) is 11.9 Å². The third-order valence-corrected chi connectivity index (χ3v) is 3.44. The number of imidazole rings is 1. The molecule has 0 fully saturated rings. The van der Waals surface area contributed by atoms with Crippen molar-refractivity contribution in [3.05, 3.63) is 18.7 Å². The topological polar surface area (TPSA) is 88.8 Å². The van der Waals surface area contributed by atoms with Gasteiger partial charge in [0.05, 0.1) is 0 Å². The van der Waals surface area contributed by atoms with Gasteiger partial charge in [0.1, 0.15) is 6.33 Å². The van der Waals surface area contributed by atoms with E-state index in [9.17, 15) is 0 Å². The van der Waals surface area contributed by atoms with Gasteiger partial charge >= 0.3 is 0 Å². The summed E-state index contributed by atoms with van der Waals surface area (Å²) in [7, 11) is 1.76. The van der Waals surface area contributed by atoms with Gasteiger partial charge in [-0.1, -0.05) is 18.7 Å². The van der Waals surface area contributed by atoms with Crippen LogP contribution in [0.3, 0.4) is 0 Å². The summed E-state index contributed by atoms with van der Waals surface area (Å²) in [6, 6.07) is 0. The van der Waals surface area contributed by atoms with Crippen LogP contribution in [0.5, 0.6) is 0 Å². The molecule has 2 aromatic heterocycles. The lowest BCUT2D eigenvalue weighted by molar-refractivity contribution is 0.289. The Kier molecular flexibility index (Phi) is 4.69. The molecule has 2 N–H and O–H groups in total. The molecule has 102 valence electrons. The molecule has 8 heteroatoms. The van der Waals surface area contributed by atoms with Crippen LogP contribution in [-0.2, 0) is 0 Å². The molecule has 2 aromatic rings. The van der Waals surface area contributed by atoms with E-state index >= 15 is 0 Å². The van der Waals surface area contributed by atoms with Crippen LogP contribution in [0, 0.1) is 0 Å². The van der Waals surface area contributed by atoms with Crippen LogP contribution in [0.1, 0.15) is 13.3 Å². The van der Waals surface area contributed by atoms with Crippen LogP contribution >= 0.6 is 11.8 Å². The summed E-state index contributed by atoms with van der Waals surface area (Å²) in [6.07, 6.45) is 5.79. The summed E-state index contributed by atoms with van der Waals surface area (Å²) in [5.74, 6) is 1.04. The third kappa shape index (κ3) is 3.65. The molecule has 0 aliphatic heterocycles. The quantitative estimate of drug-likeness (QED) is 0.762. The summed E-state index contributed by atoms with van der Waals surface area (Å²) in [5.41, 5.74) is 0. The molecule has 2 heterocycles. The van der Waals surface area contributed by atoms with Gasteiger partial charge in [0.25, 0.3) is 0 Å². The van der Waals surface area contributed by atoms with Crippen molar-refractivity contribution in [2.45, 2.75) is 23.8 Å². The molecular formula is C11H16N6OS. The number of anilines is 1. The average molecular weight is 280 g/mol. The van der Waals surface area contributed by atoms with Crippen LogP contribution in [-0.4, -0.2) is 48.5 Å². The van der Waals surface area contributed by atoms with Gasteiger partial charge in [-0.3, -0.25) is 4.57 Å². The zero-order chi connectivity index (χ0) is 13.7. The maximum absolute atomic E-state index is 8.93. The molecule has 0 spiro atoms. The number of nitrogens with one attached hydrogen (secondary N) is 1. The fraction of sp³-hybridized carbons (Fsp3) is 0.455. The van der Waals surface area contributed by atoms with Crippen molar-refractivity contribution in [3.8, 4) is 5.95 Å². The molecule has 0 saturated heterocycles. The van der Waals surface area contributed by atoms with Crippen molar-refractivity contribution >= 4 is 17.7 Å². The minimum absolute atomic E-state index is 0.159. The zero-order valence-electron chi connectivity index (χ0n) is 10.8. The summed E-state index contributed by atoms with van der Waals surface area (Å²) < 4.78 is 1.73. The molecule has 0 aliphatic rings. The number of hydrogen-bond donors (Lipinski definition) is 2. The molecule has 1 unspecified atom stereocenters. The number of aliphatic hydroxyl groups excluding tert-OH is 1. The Labute approximate surface area is 115 Å². The van der Waals surface area contributed by atoms with Gasteiger partial charge in [0, 0.05) is 31.3 Å². The highest BCUT2D eigenvalue weighted by molar-refractivity contribution is 7.99. The predicted molar refractivity (Wildman–Crippen MR) is 73.5 cm³/mol. The highest BCUT2D eigenvalue weighted by atomic mass is 32.2. The van der Waals surface area contributed by atoms with Gasteiger partial charge in [-0.05, 0) is 6.42 Å². The number of rotatable bonds is 6. The fourth-order valence-electron chi connectivity index (χ4n) is 1.42.